The van der Waals surface area contributed by atoms with E-state index in [-0.39, 0.29) is 36.4 Å². The van der Waals surface area contributed by atoms with Crippen LogP contribution < -0.4 is 16.2 Å². The number of nitrogens with zero attached hydrogens (tertiary/aromatic N) is 4. The third kappa shape index (κ3) is 7.23. The molecule has 1 amide bonds. The Balaban J connectivity index is 1.57. The summed E-state index contributed by atoms with van der Waals surface area (Å²) in [5, 5.41) is 12.9. The van der Waals surface area contributed by atoms with Crippen LogP contribution in [0.4, 0.5) is 8.78 Å². The maximum atomic E-state index is 13.2. The second kappa shape index (κ2) is 13.1. The van der Waals surface area contributed by atoms with Gasteiger partial charge in [-0.15, -0.1) is 0 Å². The minimum Gasteiger partial charge on any atom is -0.313 e. The Morgan fingerprint density at radius 2 is 2.17 bits per heavy atom. The van der Waals surface area contributed by atoms with E-state index in [0.717, 1.165) is 28.1 Å². The van der Waals surface area contributed by atoms with E-state index >= 15 is 0 Å². The first-order valence-corrected chi connectivity index (χ1v) is 13.8. The van der Waals surface area contributed by atoms with Crippen molar-refractivity contribution < 1.29 is 13.6 Å². The summed E-state index contributed by atoms with van der Waals surface area (Å²) in [4.78, 5) is 21.7. The van der Waals surface area contributed by atoms with Gasteiger partial charge in [0.1, 0.15) is 5.82 Å². The number of nitrogens with one attached hydrogen (secondary N) is 3. The average Bonchev–Trinajstić information content (AvgIpc) is 3.28. The number of benzene rings is 1. The molecule has 0 radical (unpaired) electrons. The van der Waals surface area contributed by atoms with Crippen molar-refractivity contribution >= 4 is 23.2 Å². The molecule has 0 unspecified atom stereocenters. The summed E-state index contributed by atoms with van der Waals surface area (Å²) in [6, 6.07) is 8.38. The molecule has 2 aliphatic rings. The number of amides is 1. The zero-order valence-corrected chi connectivity index (χ0v) is 23.6. The lowest BCUT2D eigenvalue weighted by molar-refractivity contribution is -0.121. The molecular formula is C31H37F2N7O. The molecule has 0 saturated heterocycles. The Bertz CT molecular complexity index is 1440. The van der Waals surface area contributed by atoms with Gasteiger partial charge in [-0.1, -0.05) is 42.5 Å². The molecule has 0 bridgehead atoms. The van der Waals surface area contributed by atoms with Gasteiger partial charge in [-0.2, -0.15) is 5.26 Å². The fourth-order valence-electron chi connectivity index (χ4n) is 5.62. The van der Waals surface area contributed by atoms with Crippen molar-refractivity contribution in [2.24, 2.45) is 10.4 Å². The van der Waals surface area contributed by atoms with E-state index in [1.54, 1.807) is 24.3 Å². The SMILES string of the molecule is C=C/C=C(\N=C/Cc1ccc2nc3n(c2c1)CNNC(=O)C/C=C\C=C(\CC(F)F)CC3)C1(NC)CC(C)(C#N)C1. The number of hydrazine groups is 1. The smallest absolute Gasteiger partial charge is 0.242 e. The molecule has 1 aliphatic heterocycles. The number of halogens is 2. The standard InChI is InChI=1S/C31H37F2N7O/c1-4-7-26(31(35-3)18-30(2,19-31)20-34)36-15-14-23-10-12-24-25(16-23)40-21-37-39-29(41)9-6-5-8-22(17-27(32)33)11-13-28(40)38-24/h4-8,10,12,15-16,27,35,37H,1,9,11,13-14,17-19,21H2,2-3H3,(H,39,41)/b6-5-,22-8+,26-7-,36-15-. The van der Waals surface area contributed by atoms with E-state index in [1.165, 1.54) is 0 Å². The summed E-state index contributed by atoms with van der Waals surface area (Å²) in [6.07, 6.45) is 10.7. The van der Waals surface area contributed by atoms with Crippen molar-refractivity contribution in [2.75, 3.05) is 7.05 Å². The monoisotopic (exact) mass is 561 g/mol. The van der Waals surface area contributed by atoms with Crippen molar-refractivity contribution in [3.8, 4) is 6.07 Å². The highest BCUT2D eigenvalue weighted by molar-refractivity contribution is 5.79. The topological polar surface area (TPSA) is 107 Å². The minimum atomic E-state index is -2.44. The quantitative estimate of drug-likeness (QED) is 0.309. The van der Waals surface area contributed by atoms with Crippen LogP contribution in [-0.4, -0.2) is 40.7 Å². The number of nitriles is 1. The Morgan fingerprint density at radius 1 is 1.37 bits per heavy atom. The van der Waals surface area contributed by atoms with Crippen molar-refractivity contribution in [3.63, 3.8) is 0 Å². The van der Waals surface area contributed by atoms with Gasteiger partial charge in [0.05, 0.1) is 40.4 Å². The molecule has 8 nitrogen and oxygen atoms in total. The van der Waals surface area contributed by atoms with Gasteiger partial charge in [0, 0.05) is 31.9 Å². The molecule has 0 atom stereocenters. The number of alkyl halides is 2. The number of imidazole rings is 1. The molecule has 3 N–H and O–H groups in total. The highest BCUT2D eigenvalue weighted by atomic mass is 19.3. The largest absolute Gasteiger partial charge is 0.313 e. The van der Waals surface area contributed by atoms with Gasteiger partial charge < -0.3 is 9.88 Å². The Labute approximate surface area is 239 Å². The van der Waals surface area contributed by atoms with Crippen molar-refractivity contribution in [1.82, 2.24) is 25.7 Å². The number of carbonyl (C=O) groups excluding carboxylic acids is 1. The van der Waals surface area contributed by atoms with Crippen LogP contribution in [-0.2, 0) is 24.3 Å². The first-order valence-electron chi connectivity index (χ1n) is 13.8. The van der Waals surface area contributed by atoms with Gasteiger partial charge in [0.2, 0.25) is 12.3 Å². The second-order valence-electron chi connectivity index (χ2n) is 10.9. The zero-order chi connectivity index (χ0) is 29.5. The fraction of sp³-hybridized carbons (Fsp3) is 0.419. The number of fused-ring (bicyclic) bond motifs is 3. The maximum absolute atomic E-state index is 13.2. The molecule has 1 aromatic carbocycles. The van der Waals surface area contributed by atoms with Crippen LogP contribution in [0.2, 0.25) is 0 Å². The van der Waals surface area contributed by atoms with Gasteiger partial charge in [-0.25, -0.2) is 19.2 Å². The first kappa shape index (κ1) is 30.0. The summed E-state index contributed by atoms with van der Waals surface area (Å²) < 4.78 is 28.3. The van der Waals surface area contributed by atoms with Crippen LogP contribution in [0, 0.1) is 16.7 Å². The number of aryl methyl sites for hydroxylation is 1. The van der Waals surface area contributed by atoms with E-state index in [2.05, 4.69) is 28.8 Å². The Kier molecular flexibility index (Phi) is 9.63. The number of carbonyl (C=O) groups is 1. The summed E-state index contributed by atoms with van der Waals surface area (Å²) in [5.41, 5.74) is 9.04. The van der Waals surface area contributed by atoms with E-state index in [1.807, 2.05) is 49.0 Å². The lowest BCUT2D eigenvalue weighted by atomic mass is 9.57. The first-order chi connectivity index (χ1) is 19.7. The van der Waals surface area contributed by atoms with Crippen LogP contribution in [0.1, 0.15) is 50.4 Å². The van der Waals surface area contributed by atoms with E-state index in [9.17, 15) is 18.8 Å². The Hall–Kier alpha value is -3.94. The van der Waals surface area contributed by atoms with Crippen LogP contribution in [0.15, 0.2) is 71.4 Å². The maximum Gasteiger partial charge on any atom is 0.242 e. The molecule has 1 aliphatic carbocycles. The Morgan fingerprint density at radius 3 is 2.88 bits per heavy atom. The summed E-state index contributed by atoms with van der Waals surface area (Å²) in [5.74, 6) is 0.519. The number of hydrogen-bond acceptors (Lipinski definition) is 6. The highest BCUT2D eigenvalue weighted by Crippen LogP contribution is 2.51. The van der Waals surface area contributed by atoms with Gasteiger partial charge >= 0.3 is 0 Å². The van der Waals surface area contributed by atoms with E-state index < -0.39 is 6.43 Å². The number of rotatable bonds is 8. The lowest BCUT2D eigenvalue weighted by Gasteiger charge is -2.51. The molecule has 10 heteroatoms. The minimum absolute atomic E-state index is 0.138. The van der Waals surface area contributed by atoms with Gasteiger partial charge in [0.15, 0.2) is 0 Å². The normalized spacial score (nSPS) is 26.1. The van der Waals surface area contributed by atoms with Gasteiger partial charge in [0.25, 0.3) is 0 Å². The van der Waals surface area contributed by atoms with E-state index in [0.29, 0.717) is 37.7 Å². The number of aromatic nitrogens is 2. The fourth-order valence-corrected chi connectivity index (χ4v) is 5.62. The summed E-state index contributed by atoms with van der Waals surface area (Å²) >= 11 is 0. The van der Waals surface area contributed by atoms with E-state index in [4.69, 9.17) is 9.98 Å². The number of likely N-dealkylation sites (N-methyl/N-ethyl adjacent to an activating group) is 1. The van der Waals surface area contributed by atoms with Gasteiger partial charge in [-0.05, 0) is 57.0 Å². The molecule has 4 rings (SSSR count). The predicted molar refractivity (Wildman–Crippen MR) is 157 cm³/mol. The second-order valence-corrected chi connectivity index (χ2v) is 10.9. The average molecular weight is 562 g/mol. The predicted octanol–water partition coefficient (Wildman–Crippen LogP) is 5.05. The highest BCUT2D eigenvalue weighted by Gasteiger charge is 2.53. The number of hydrogen-bond donors (Lipinski definition) is 3. The third-order valence-electron chi connectivity index (χ3n) is 7.67. The molecular weight excluding hydrogens is 524 g/mol. The van der Waals surface area contributed by atoms with Crippen LogP contribution in [0.25, 0.3) is 11.0 Å². The molecule has 1 aromatic heterocycles. The molecule has 2 aromatic rings. The van der Waals surface area contributed by atoms with Crippen LogP contribution in [0.3, 0.4) is 0 Å². The zero-order valence-electron chi connectivity index (χ0n) is 23.6. The van der Waals surface area contributed by atoms with Crippen LogP contribution in [0.5, 0.6) is 0 Å². The number of allylic oxidation sites excluding steroid dienone is 5. The van der Waals surface area contributed by atoms with Crippen molar-refractivity contribution in [1.29, 1.82) is 5.26 Å². The van der Waals surface area contributed by atoms with Crippen molar-refractivity contribution in [2.45, 2.75) is 70.5 Å². The summed E-state index contributed by atoms with van der Waals surface area (Å²) in [6.45, 7) is 6.08. The molecule has 41 heavy (non-hydrogen) atoms. The molecule has 1 fully saturated rings. The number of aliphatic imine (C=N–C) groups is 1. The van der Waals surface area contributed by atoms with Crippen molar-refractivity contribution in [3.05, 3.63) is 77.8 Å². The molecule has 216 valence electrons. The molecule has 2 heterocycles. The third-order valence-corrected chi connectivity index (χ3v) is 7.67. The lowest BCUT2D eigenvalue weighted by Crippen LogP contribution is -2.59. The molecule has 1 saturated carbocycles. The van der Waals surface area contributed by atoms with Crippen LogP contribution >= 0.6 is 0 Å². The van der Waals surface area contributed by atoms with Gasteiger partial charge in [-0.3, -0.25) is 15.2 Å². The summed E-state index contributed by atoms with van der Waals surface area (Å²) in [7, 11) is 1.89. The molecule has 0 spiro atoms.